The maximum absolute atomic E-state index is 12.0. The number of hydrogen-bond donors (Lipinski definition) is 0. The zero-order chi connectivity index (χ0) is 15.9. The van der Waals surface area contributed by atoms with Crippen molar-refractivity contribution >= 4 is 22.8 Å². The molecular weight excluding hydrogens is 298 g/mol. The Morgan fingerprint density at radius 1 is 1.45 bits per heavy atom. The number of amides is 1. The van der Waals surface area contributed by atoms with Crippen LogP contribution in [0.15, 0.2) is 24.3 Å². The van der Waals surface area contributed by atoms with Crippen molar-refractivity contribution in [1.82, 2.24) is 4.90 Å². The molecule has 0 aliphatic carbocycles. The molecule has 1 aromatic rings. The van der Waals surface area contributed by atoms with Crippen molar-refractivity contribution in [1.29, 1.82) is 0 Å². The fraction of sp³-hybridized carbons (Fsp3) is 0.529. The minimum atomic E-state index is 0.124. The molecule has 1 aromatic carbocycles. The highest BCUT2D eigenvalue weighted by atomic mass is 32.2. The van der Waals surface area contributed by atoms with Gasteiger partial charge in [0.1, 0.15) is 5.75 Å². The molecule has 1 heterocycles. The second-order valence-electron chi connectivity index (χ2n) is 5.54. The average molecular weight is 321 g/mol. The van der Waals surface area contributed by atoms with Crippen LogP contribution in [-0.2, 0) is 16.0 Å². The first kappa shape index (κ1) is 16.9. The van der Waals surface area contributed by atoms with Gasteiger partial charge in [-0.2, -0.15) is 0 Å². The SMILES string of the molecule is CCOc1cccc(CCN2CC(CSC(C)=O)CC2=O)c1. The Balaban J connectivity index is 1.82. The third-order valence-electron chi connectivity index (χ3n) is 3.70. The van der Waals surface area contributed by atoms with Crippen molar-refractivity contribution < 1.29 is 14.3 Å². The van der Waals surface area contributed by atoms with Gasteiger partial charge < -0.3 is 9.64 Å². The normalized spacial score (nSPS) is 17.8. The zero-order valence-corrected chi connectivity index (χ0v) is 14.0. The van der Waals surface area contributed by atoms with E-state index in [2.05, 4.69) is 6.07 Å². The number of benzene rings is 1. The number of likely N-dealkylation sites (tertiary alicyclic amines) is 1. The van der Waals surface area contributed by atoms with Crippen molar-refractivity contribution in [2.24, 2.45) is 5.92 Å². The Hall–Kier alpha value is -1.49. The van der Waals surface area contributed by atoms with Gasteiger partial charge in [-0.3, -0.25) is 9.59 Å². The number of hydrogen-bond acceptors (Lipinski definition) is 4. The lowest BCUT2D eigenvalue weighted by Gasteiger charge is -2.16. The molecule has 0 N–H and O–H groups in total. The standard InChI is InChI=1S/C17H23NO3S/c1-3-21-16-6-4-5-14(9-16)7-8-18-11-15(10-17(18)20)12-22-13(2)19/h4-6,9,15H,3,7-8,10-12H2,1-2H3. The third kappa shape index (κ3) is 5.05. The maximum atomic E-state index is 12.0. The van der Waals surface area contributed by atoms with Gasteiger partial charge in [-0.1, -0.05) is 23.9 Å². The van der Waals surface area contributed by atoms with Gasteiger partial charge in [-0.15, -0.1) is 0 Å². The van der Waals surface area contributed by atoms with Gasteiger partial charge in [-0.05, 0) is 37.0 Å². The molecule has 0 saturated carbocycles. The van der Waals surface area contributed by atoms with Crippen LogP contribution < -0.4 is 4.74 Å². The highest BCUT2D eigenvalue weighted by molar-refractivity contribution is 8.13. The molecule has 0 bridgehead atoms. The van der Waals surface area contributed by atoms with E-state index in [-0.39, 0.29) is 11.0 Å². The lowest BCUT2D eigenvalue weighted by atomic mass is 10.1. The maximum Gasteiger partial charge on any atom is 0.222 e. The van der Waals surface area contributed by atoms with Crippen molar-refractivity contribution in [2.75, 3.05) is 25.4 Å². The first-order chi connectivity index (χ1) is 10.6. The summed E-state index contributed by atoms with van der Waals surface area (Å²) >= 11 is 1.32. The Morgan fingerprint density at radius 3 is 3.00 bits per heavy atom. The Bertz CT molecular complexity index is 532. The molecule has 1 aliphatic heterocycles. The van der Waals surface area contributed by atoms with Crippen LogP contribution in [0.2, 0.25) is 0 Å². The predicted molar refractivity (Wildman–Crippen MR) is 89.1 cm³/mol. The zero-order valence-electron chi connectivity index (χ0n) is 13.2. The lowest BCUT2D eigenvalue weighted by molar-refractivity contribution is -0.127. The van der Waals surface area contributed by atoms with Gasteiger partial charge in [-0.25, -0.2) is 0 Å². The summed E-state index contributed by atoms with van der Waals surface area (Å²) < 4.78 is 5.50. The van der Waals surface area contributed by atoms with E-state index >= 15 is 0 Å². The smallest absolute Gasteiger partial charge is 0.222 e. The average Bonchev–Trinajstić information content (AvgIpc) is 2.84. The van der Waals surface area contributed by atoms with Crippen molar-refractivity contribution in [2.45, 2.75) is 26.7 Å². The number of thioether (sulfide) groups is 1. The van der Waals surface area contributed by atoms with Gasteiger partial charge in [0, 0.05) is 32.2 Å². The van der Waals surface area contributed by atoms with Crippen molar-refractivity contribution in [3.8, 4) is 5.75 Å². The molecule has 0 radical (unpaired) electrons. The first-order valence-electron chi connectivity index (χ1n) is 7.71. The molecule has 0 aromatic heterocycles. The van der Waals surface area contributed by atoms with Crippen LogP contribution in [0.25, 0.3) is 0 Å². The van der Waals surface area contributed by atoms with E-state index in [9.17, 15) is 9.59 Å². The van der Waals surface area contributed by atoms with Gasteiger partial charge in [0.25, 0.3) is 0 Å². The van der Waals surface area contributed by atoms with E-state index in [0.29, 0.717) is 18.9 Å². The second kappa shape index (κ2) is 8.22. The topological polar surface area (TPSA) is 46.6 Å². The molecule has 120 valence electrons. The lowest BCUT2D eigenvalue weighted by Crippen LogP contribution is -2.27. The fourth-order valence-corrected chi connectivity index (χ4v) is 3.33. The molecule has 4 nitrogen and oxygen atoms in total. The van der Waals surface area contributed by atoms with Gasteiger partial charge in [0.05, 0.1) is 6.61 Å². The minimum absolute atomic E-state index is 0.124. The molecule has 1 saturated heterocycles. The number of ether oxygens (including phenoxy) is 1. The number of rotatable bonds is 7. The van der Waals surface area contributed by atoms with Crippen LogP contribution in [0.5, 0.6) is 5.75 Å². The van der Waals surface area contributed by atoms with Crippen molar-refractivity contribution in [3.63, 3.8) is 0 Å². The van der Waals surface area contributed by atoms with Crippen LogP contribution in [0, 0.1) is 5.92 Å². The molecular formula is C17H23NO3S. The number of carbonyl (C=O) groups excluding carboxylic acids is 2. The molecule has 0 spiro atoms. The van der Waals surface area contributed by atoms with Gasteiger partial charge in [0.15, 0.2) is 5.12 Å². The molecule has 1 aliphatic rings. The van der Waals surface area contributed by atoms with Crippen LogP contribution in [0.1, 0.15) is 25.8 Å². The first-order valence-corrected chi connectivity index (χ1v) is 8.70. The fourth-order valence-electron chi connectivity index (χ4n) is 2.64. The number of carbonyl (C=O) groups is 2. The molecule has 5 heteroatoms. The van der Waals surface area contributed by atoms with Crippen LogP contribution in [0.3, 0.4) is 0 Å². The largest absolute Gasteiger partial charge is 0.494 e. The molecule has 1 amide bonds. The van der Waals surface area contributed by atoms with E-state index in [1.165, 1.54) is 17.3 Å². The Labute approximate surface area is 136 Å². The second-order valence-corrected chi connectivity index (χ2v) is 6.74. The summed E-state index contributed by atoms with van der Waals surface area (Å²) in [5, 5.41) is 0.124. The monoisotopic (exact) mass is 321 g/mol. The Morgan fingerprint density at radius 2 is 2.27 bits per heavy atom. The third-order valence-corrected chi connectivity index (χ3v) is 4.74. The summed E-state index contributed by atoms with van der Waals surface area (Å²) in [5.41, 5.74) is 1.18. The summed E-state index contributed by atoms with van der Waals surface area (Å²) in [4.78, 5) is 25.0. The van der Waals surface area contributed by atoms with E-state index in [1.54, 1.807) is 6.92 Å². The van der Waals surface area contributed by atoms with E-state index in [4.69, 9.17) is 4.74 Å². The van der Waals surface area contributed by atoms with E-state index < -0.39 is 0 Å². The van der Waals surface area contributed by atoms with E-state index in [0.717, 1.165) is 31.0 Å². The summed E-state index contributed by atoms with van der Waals surface area (Å²) in [5.74, 6) is 2.13. The predicted octanol–water partition coefficient (Wildman–Crippen LogP) is 2.76. The quantitative estimate of drug-likeness (QED) is 0.775. The summed E-state index contributed by atoms with van der Waals surface area (Å²) in [6.45, 7) is 5.70. The molecule has 22 heavy (non-hydrogen) atoms. The highest BCUT2D eigenvalue weighted by Crippen LogP contribution is 2.23. The molecule has 1 unspecified atom stereocenters. The van der Waals surface area contributed by atoms with Crippen LogP contribution in [0.4, 0.5) is 0 Å². The van der Waals surface area contributed by atoms with Crippen LogP contribution in [-0.4, -0.2) is 41.4 Å². The molecule has 2 rings (SSSR count). The van der Waals surface area contributed by atoms with Gasteiger partial charge in [0.2, 0.25) is 5.91 Å². The van der Waals surface area contributed by atoms with E-state index in [1.807, 2.05) is 30.0 Å². The summed E-state index contributed by atoms with van der Waals surface area (Å²) in [7, 11) is 0. The van der Waals surface area contributed by atoms with Crippen molar-refractivity contribution in [3.05, 3.63) is 29.8 Å². The number of nitrogens with zero attached hydrogens (tertiary/aromatic N) is 1. The Kier molecular flexibility index (Phi) is 6.31. The summed E-state index contributed by atoms with van der Waals surface area (Å²) in [6.07, 6.45) is 1.40. The molecule has 1 fully saturated rings. The summed E-state index contributed by atoms with van der Waals surface area (Å²) in [6, 6.07) is 8.03. The van der Waals surface area contributed by atoms with Crippen LogP contribution >= 0.6 is 11.8 Å². The molecule has 1 atom stereocenters. The van der Waals surface area contributed by atoms with Gasteiger partial charge >= 0.3 is 0 Å². The highest BCUT2D eigenvalue weighted by Gasteiger charge is 2.29. The minimum Gasteiger partial charge on any atom is -0.494 e.